The fourth-order valence-corrected chi connectivity index (χ4v) is 3.11. The van der Waals surface area contributed by atoms with E-state index < -0.39 is 58.0 Å². The molecule has 0 radical (unpaired) electrons. The van der Waals surface area contributed by atoms with Crippen molar-refractivity contribution in [3.63, 3.8) is 0 Å². The quantitative estimate of drug-likeness (QED) is 0.251. The highest BCUT2D eigenvalue weighted by Crippen LogP contribution is 2.39. The summed E-state index contributed by atoms with van der Waals surface area (Å²) in [6.07, 6.45) is 0. The highest BCUT2D eigenvalue weighted by Gasteiger charge is 2.34. The number of rotatable bonds is 6. The van der Waals surface area contributed by atoms with E-state index in [4.69, 9.17) is 5.73 Å². The second-order valence-electron chi connectivity index (χ2n) is 6.49. The van der Waals surface area contributed by atoms with Crippen LogP contribution in [0.3, 0.4) is 0 Å². The molecule has 4 N–H and O–H groups in total. The average Bonchev–Trinajstić information content (AvgIpc) is 3.07. The van der Waals surface area contributed by atoms with Crippen LogP contribution in [0, 0.1) is 11.3 Å². The molecule has 34 heavy (non-hydrogen) atoms. The molecule has 0 aromatic heterocycles. The Balaban J connectivity index is 2.14. The van der Waals surface area contributed by atoms with Crippen molar-refractivity contribution in [2.75, 3.05) is 10.6 Å². The number of carbonyl (C=O) groups is 4. The number of ether oxygens (including phenoxy) is 1. The van der Waals surface area contributed by atoms with E-state index in [0.29, 0.717) is 12.1 Å². The van der Waals surface area contributed by atoms with E-state index in [1.807, 2.05) is 0 Å². The van der Waals surface area contributed by atoms with Crippen LogP contribution in [0.15, 0.2) is 42.0 Å². The lowest BCUT2D eigenvalue weighted by Crippen LogP contribution is -2.21. The molecule has 0 bridgehead atoms. The van der Waals surface area contributed by atoms with Crippen molar-refractivity contribution >= 4 is 40.6 Å². The molecule has 0 fully saturated rings. The van der Waals surface area contributed by atoms with Gasteiger partial charge in [-0.25, -0.2) is 0 Å². The smallest absolute Gasteiger partial charge is 0.387 e. The summed E-state index contributed by atoms with van der Waals surface area (Å²) in [5, 5.41) is 12.1. The van der Waals surface area contributed by atoms with Gasteiger partial charge in [0, 0.05) is 17.0 Å². The Morgan fingerprint density at radius 3 is 2.41 bits per heavy atom. The van der Waals surface area contributed by atoms with Crippen molar-refractivity contribution in [1.29, 1.82) is 5.26 Å². The van der Waals surface area contributed by atoms with Crippen molar-refractivity contribution in [2.45, 2.75) is 6.61 Å². The van der Waals surface area contributed by atoms with Gasteiger partial charge < -0.3 is 21.1 Å². The molecule has 1 aliphatic heterocycles. The summed E-state index contributed by atoms with van der Waals surface area (Å²) >= 11 is 0. The number of carbonyl (C=O) groups excluding carboxylic acids is 4. The summed E-state index contributed by atoms with van der Waals surface area (Å²) < 4.78 is 55.2. The number of anilines is 2. The first-order valence-corrected chi connectivity index (χ1v) is 9.00. The number of nitriles is 1. The number of fused-ring (bicyclic) bond motifs is 1. The Labute approximate surface area is 187 Å². The molecule has 0 aliphatic carbocycles. The van der Waals surface area contributed by atoms with Crippen LogP contribution in [0.25, 0.3) is 5.57 Å². The van der Waals surface area contributed by atoms with Crippen molar-refractivity contribution < 1.29 is 41.7 Å². The van der Waals surface area contributed by atoms with Gasteiger partial charge >= 0.3 is 12.5 Å². The molecule has 10 nitrogen and oxygen atoms in total. The Kier molecular flexibility index (Phi) is 6.48. The summed E-state index contributed by atoms with van der Waals surface area (Å²) in [5.41, 5.74) is 1.86. The number of nitrogens with two attached hydrogens (primary N) is 1. The minimum atomic E-state index is -3.49. The molecule has 174 valence electrons. The van der Waals surface area contributed by atoms with E-state index in [1.54, 1.807) is 0 Å². The molecule has 0 saturated carbocycles. The number of alkyl halides is 2. The number of hydrogen-bond donors (Lipinski definition) is 3. The number of halogens is 4. The third-order valence-electron chi connectivity index (χ3n) is 4.49. The van der Waals surface area contributed by atoms with Crippen molar-refractivity contribution in [3.8, 4) is 11.8 Å². The predicted octanol–water partition coefficient (Wildman–Crippen LogP) is 2.47. The van der Waals surface area contributed by atoms with Gasteiger partial charge in [0.2, 0.25) is 0 Å². The van der Waals surface area contributed by atoms with Crippen molar-refractivity contribution in [3.05, 3.63) is 58.7 Å². The summed E-state index contributed by atoms with van der Waals surface area (Å²) in [6.45, 7) is -3.49. The molecular weight excluding hydrogens is 466 g/mol. The first kappa shape index (κ1) is 23.7. The Bertz CT molecular complexity index is 1300. The second-order valence-corrected chi connectivity index (χ2v) is 6.49. The zero-order valence-electron chi connectivity index (χ0n) is 16.6. The summed E-state index contributed by atoms with van der Waals surface area (Å²) in [4.78, 5) is 48.6. The van der Waals surface area contributed by atoms with E-state index in [0.717, 1.165) is 0 Å². The number of amides is 4. The van der Waals surface area contributed by atoms with Crippen LogP contribution in [-0.4, -0.2) is 35.6 Å². The highest BCUT2D eigenvalue weighted by molar-refractivity contribution is 6.37. The molecule has 1 aliphatic rings. The van der Waals surface area contributed by atoms with E-state index in [1.165, 1.54) is 30.3 Å². The number of para-hydroxylation sites is 1. The van der Waals surface area contributed by atoms with Gasteiger partial charge in [0.15, 0.2) is 0 Å². The number of hydrogen-bond acceptors (Lipinski definition) is 6. The van der Waals surface area contributed by atoms with E-state index in [2.05, 4.69) is 15.4 Å². The van der Waals surface area contributed by atoms with Gasteiger partial charge in [0.25, 0.3) is 17.7 Å². The largest absolute Gasteiger partial charge is 0.434 e. The van der Waals surface area contributed by atoms with Gasteiger partial charge in [-0.15, -0.1) is 0 Å². The van der Waals surface area contributed by atoms with Crippen LogP contribution in [0.4, 0.5) is 29.1 Å². The number of nitrogens with one attached hydrogen (secondary N) is 2. The summed E-state index contributed by atoms with van der Waals surface area (Å²) in [6, 6.07) is 8.27. The molecule has 14 heteroatoms. The maximum Gasteiger partial charge on any atom is 0.387 e. The molecule has 4 amide bonds. The average molecular weight is 477 g/mol. The first-order valence-electron chi connectivity index (χ1n) is 9.00. The molecule has 2 aromatic rings. The first-order chi connectivity index (χ1) is 16.0. The lowest BCUT2D eigenvalue weighted by Gasteiger charge is -2.12. The minimum absolute atomic E-state index is 0.0889. The zero-order valence-corrected chi connectivity index (χ0v) is 16.6. The summed E-state index contributed by atoms with van der Waals surface area (Å²) in [7, 11) is 0. The maximum absolute atomic E-state index is 12.8. The summed E-state index contributed by atoms with van der Waals surface area (Å²) in [5.74, 6) is -6.15. The Hall–Kier alpha value is -4.93. The topological polar surface area (TPSA) is 155 Å². The standard InChI is InChI=1S/C20H11F4N5O5/c21-20(22)34-14-6-13-9(5-10(14)19(33)29(23)24)15(18(32)28-13)11(7-25)17(31)27-12-4-2-1-3-8(12)16(26)30/h1-6,20H,(H2,26,30)(H,27,31)(H,28,32)/b15-11-. The van der Waals surface area contributed by atoms with Crippen molar-refractivity contribution in [2.24, 2.45) is 5.73 Å². The van der Waals surface area contributed by atoms with E-state index in [9.17, 15) is 42.2 Å². The lowest BCUT2D eigenvalue weighted by atomic mass is 9.98. The van der Waals surface area contributed by atoms with E-state index in [-0.39, 0.29) is 22.5 Å². The maximum atomic E-state index is 12.8. The predicted molar refractivity (Wildman–Crippen MR) is 106 cm³/mol. The number of nitrogens with zero attached hydrogens (tertiary/aromatic N) is 2. The van der Waals surface area contributed by atoms with Gasteiger partial charge in [-0.05, 0) is 18.2 Å². The zero-order chi connectivity index (χ0) is 25.2. The van der Waals surface area contributed by atoms with Crippen LogP contribution >= 0.6 is 0 Å². The molecule has 0 atom stereocenters. The van der Waals surface area contributed by atoms with Crippen LogP contribution in [-0.2, 0) is 9.59 Å². The van der Waals surface area contributed by atoms with Crippen LogP contribution in [0.2, 0.25) is 0 Å². The number of primary amides is 1. The fraction of sp³-hybridized carbons (Fsp3) is 0.0500. The van der Waals surface area contributed by atoms with Crippen LogP contribution in [0.5, 0.6) is 5.75 Å². The van der Waals surface area contributed by atoms with Gasteiger partial charge in [-0.1, -0.05) is 21.1 Å². The van der Waals surface area contributed by atoms with Gasteiger partial charge in [-0.3, -0.25) is 19.2 Å². The molecule has 0 saturated heterocycles. The van der Waals surface area contributed by atoms with E-state index >= 15 is 0 Å². The number of benzene rings is 2. The Morgan fingerprint density at radius 1 is 1.15 bits per heavy atom. The fourth-order valence-electron chi connectivity index (χ4n) is 3.11. The van der Waals surface area contributed by atoms with Crippen molar-refractivity contribution in [1.82, 2.24) is 5.34 Å². The van der Waals surface area contributed by atoms with Gasteiger partial charge in [-0.2, -0.15) is 14.0 Å². The highest BCUT2D eigenvalue weighted by atomic mass is 19.4. The third kappa shape index (κ3) is 4.48. The third-order valence-corrected chi connectivity index (χ3v) is 4.49. The van der Waals surface area contributed by atoms with Crippen LogP contribution < -0.4 is 21.1 Å². The molecule has 2 aromatic carbocycles. The Morgan fingerprint density at radius 2 is 1.82 bits per heavy atom. The minimum Gasteiger partial charge on any atom is -0.434 e. The normalized spacial score (nSPS) is 13.5. The second kappa shape index (κ2) is 9.28. The van der Waals surface area contributed by atoms with Gasteiger partial charge in [0.1, 0.15) is 17.4 Å². The lowest BCUT2D eigenvalue weighted by molar-refractivity contribution is -0.113. The molecule has 1 heterocycles. The SMILES string of the molecule is N#C/C(C(=O)Nc1ccccc1C(N)=O)=C1/C(=O)Nc2cc(OC(F)F)c(C(=O)N(F)F)cc21. The monoisotopic (exact) mass is 477 g/mol. The van der Waals surface area contributed by atoms with Gasteiger partial charge in [0.05, 0.1) is 28.1 Å². The van der Waals surface area contributed by atoms with Crippen LogP contribution in [0.1, 0.15) is 26.3 Å². The molecule has 0 spiro atoms. The molecule has 3 rings (SSSR count). The molecule has 0 unspecified atom stereocenters. The molecular formula is C20H11F4N5O5.